The molecule has 3 aromatic carbocycles. The highest BCUT2D eigenvalue weighted by Crippen LogP contribution is 2.18. The molecule has 0 aliphatic heterocycles. The summed E-state index contributed by atoms with van der Waals surface area (Å²) >= 11 is 0. The largest absolute Gasteiger partial charge is 0.207 e. The Hall–Kier alpha value is -3.50. The van der Waals surface area contributed by atoms with Crippen LogP contribution in [-0.2, 0) is 0 Å². The predicted octanol–water partition coefficient (Wildman–Crippen LogP) is 6.28. The van der Waals surface area contributed by atoms with Gasteiger partial charge < -0.3 is 0 Å². The predicted molar refractivity (Wildman–Crippen MR) is 110 cm³/mol. The minimum atomic E-state index is -0.852. The first-order valence-corrected chi connectivity index (χ1v) is 9.22. The van der Waals surface area contributed by atoms with Crippen molar-refractivity contribution in [2.24, 2.45) is 0 Å². The standard InChI is InChI=1S/C26H18F4/c1-15-9-17(3)21(10-16(15)2)7-8-22-25(29)13-20(14-26(22)30)6-5-19-11-23(27)18(4)24(28)12-19/h9-14H,1-4H3. The zero-order chi connectivity index (χ0) is 22.0. The van der Waals surface area contributed by atoms with Crippen molar-refractivity contribution in [1.29, 1.82) is 0 Å². The summed E-state index contributed by atoms with van der Waals surface area (Å²) in [4.78, 5) is 0. The zero-order valence-corrected chi connectivity index (χ0v) is 17.0. The molecule has 0 radical (unpaired) electrons. The third-order valence-corrected chi connectivity index (χ3v) is 4.84. The number of hydrogen-bond donors (Lipinski definition) is 0. The molecule has 0 spiro atoms. The van der Waals surface area contributed by atoms with Crippen molar-refractivity contribution >= 4 is 0 Å². The molecule has 0 N–H and O–H groups in total. The van der Waals surface area contributed by atoms with Crippen LogP contribution in [0.5, 0.6) is 0 Å². The normalized spacial score (nSPS) is 10.1. The van der Waals surface area contributed by atoms with E-state index in [1.165, 1.54) is 6.92 Å². The molecule has 0 aliphatic rings. The third-order valence-electron chi connectivity index (χ3n) is 4.84. The summed E-state index contributed by atoms with van der Waals surface area (Å²) in [5.41, 5.74) is 3.43. The molecule has 0 fully saturated rings. The number of benzene rings is 3. The van der Waals surface area contributed by atoms with Gasteiger partial charge in [0.2, 0.25) is 0 Å². The van der Waals surface area contributed by atoms with E-state index in [1.54, 1.807) is 0 Å². The number of halogens is 4. The fourth-order valence-corrected chi connectivity index (χ4v) is 2.85. The van der Waals surface area contributed by atoms with Crippen molar-refractivity contribution in [3.05, 3.63) is 104 Å². The highest BCUT2D eigenvalue weighted by atomic mass is 19.1. The average molecular weight is 406 g/mol. The molecule has 150 valence electrons. The molecule has 4 heteroatoms. The molecule has 0 aromatic heterocycles. The highest BCUT2D eigenvalue weighted by molar-refractivity contribution is 5.52. The molecule has 0 saturated heterocycles. The second kappa shape index (κ2) is 8.47. The van der Waals surface area contributed by atoms with E-state index in [1.807, 2.05) is 32.9 Å². The van der Waals surface area contributed by atoms with Crippen molar-refractivity contribution in [2.75, 3.05) is 0 Å². The average Bonchev–Trinajstić information content (AvgIpc) is 2.67. The Labute approximate surface area is 173 Å². The Bertz CT molecular complexity index is 1230. The fourth-order valence-electron chi connectivity index (χ4n) is 2.85. The molecule has 0 amide bonds. The van der Waals surface area contributed by atoms with Crippen LogP contribution in [0.25, 0.3) is 0 Å². The van der Waals surface area contributed by atoms with Crippen LogP contribution in [0.4, 0.5) is 17.6 Å². The molecule has 3 rings (SSSR count). The summed E-state index contributed by atoms with van der Waals surface area (Å²) in [7, 11) is 0. The fraction of sp³-hybridized carbons (Fsp3) is 0.154. The van der Waals surface area contributed by atoms with Crippen molar-refractivity contribution in [2.45, 2.75) is 27.7 Å². The lowest BCUT2D eigenvalue weighted by Crippen LogP contribution is -1.94. The van der Waals surface area contributed by atoms with Crippen LogP contribution in [-0.4, -0.2) is 0 Å². The summed E-state index contributed by atoms with van der Waals surface area (Å²) in [6.07, 6.45) is 0. The Morgan fingerprint density at radius 1 is 0.500 bits per heavy atom. The van der Waals surface area contributed by atoms with E-state index in [-0.39, 0.29) is 22.3 Å². The molecule has 0 unspecified atom stereocenters. The van der Waals surface area contributed by atoms with Gasteiger partial charge in [0.15, 0.2) is 0 Å². The van der Waals surface area contributed by atoms with Crippen LogP contribution < -0.4 is 0 Å². The molecule has 0 nitrogen and oxygen atoms in total. The van der Waals surface area contributed by atoms with E-state index >= 15 is 0 Å². The third kappa shape index (κ3) is 4.56. The van der Waals surface area contributed by atoms with Gasteiger partial charge in [-0.1, -0.05) is 29.7 Å². The van der Waals surface area contributed by atoms with Gasteiger partial charge in [0.05, 0.1) is 5.56 Å². The Balaban J connectivity index is 1.94. The van der Waals surface area contributed by atoms with Crippen LogP contribution in [0.3, 0.4) is 0 Å². The van der Waals surface area contributed by atoms with E-state index in [4.69, 9.17) is 0 Å². The van der Waals surface area contributed by atoms with Gasteiger partial charge in [-0.25, -0.2) is 17.6 Å². The maximum Gasteiger partial charge on any atom is 0.143 e. The summed E-state index contributed by atoms with van der Waals surface area (Å²) in [5.74, 6) is 7.26. The number of hydrogen-bond acceptors (Lipinski definition) is 0. The van der Waals surface area contributed by atoms with Gasteiger partial charge in [-0.2, -0.15) is 0 Å². The quantitative estimate of drug-likeness (QED) is 0.305. The lowest BCUT2D eigenvalue weighted by molar-refractivity contribution is 0.567. The van der Waals surface area contributed by atoms with Gasteiger partial charge >= 0.3 is 0 Å². The summed E-state index contributed by atoms with van der Waals surface area (Å²) in [6.45, 7) is 7.13. The summed E-state index contributed by atoms with van der Waals surface area (Å²) < 4.78 is 56.1. The molecular formula is C26H18F4. The summed E-state index contributed by atoms with van der Waals surface area (Å²) in [5, 5.41) is 0. The van der Waals surface area contributed by atoms with E-state index in [0.29, 0.717) is 5.56 Å². The lowest BCUT2D eigenvalue weighted by Gasteiger charge is -2.04. The zero-order valence-electron chi connectivity index (χ0n) is 17.0. The van der Waals surface area contributed by atoms with Crippen LogP contribution in [0, 0.1) is 74.6 Å². The van der Waals surface area contributed by atoms with E-state index in [0.717, 1.165) is 41.0 Å². The minimum absolute atomic E-state index is 0.0410. The van der Waals surface area contributed by atoms with Crippen molar-refractivity contribution < 1.29 is 17.6 Å². The first-order chi connectivity index (χ1) is 14.2. The Kier molecular flexibility index (Phi) is 5.99. The molecule has 0 atom stereocenters. The molecule has 3 aromatic rings. The van der Waals surface area contributed by atoms with Gasteiger partial charge in [0, 0.05) is 22.3 Å². The van der Waals surface area contributed by atoms with Gasteiger partial charge in [-0.3, -0.25) is 0 Å². The topological polar surface area (TPSA) is 0 Å². The Morgan fingerprint density at radius 3 is 1.50 bits per heavy atom. The molecule has 0 saturated carbocycles. The lowest BCUT2D eigenvalue weighted by atomic mass is 10.0. The van der Waals surface area contributed by atoms with Crippen LogP contribution >= 0.6 is 0 Å². The first kappa shape index (κ1) is 21.2. The van der Waals surface area contributed by atoms with Gasteiger partial charge in [0.1, 0.15) is 23.3 Å². The molecule has 0 bridgehead atoms. The van der Waals surface area contributed by atoms with Crippen LogP contribution in [0.15, 0.2) is 36.4 Å². The van der Waals surface area contributed by atoms with Crippen molar-refractivity contribution in [1.82, 2.24) is 0 Å². The first-order valence-electron chi connectivity index (χ1n) is 9.22. The molecular weight excluding hydrogens is 388 g/mol. The van der Waals surface area contributed by atoms with Gasteiger partial charge in [-0.15, -0.1) is 0 Å². The van der Waals surface area contributed by atoms with Crippen LogP contribution in [0.2, 0.25) is 0 Å². The van der Waals surface area contributed by atoms with Crippen molar-refractivity contribution in [3.63, 3.8) is 0 Å². The van der Waals surface area contributed by atoms with E-state index < -0.39 is 23.3 Å². The van der Waals surface area contributed by atoms with Gasteiger partial charge in [-0.05, 0) is 74.7 Å². The monoisotopic (exact) mass is 406 g/mol. The van der Waals surface area contributed by atoms with E-state index in [2.05, 4.69) is 23.7 Å². The van der Waals surface area contributed by atoms with Crippen molar-refractivity contribution in [3.8, 4) is 23.7 Å². The second-order valence-electron chi connectivity index (χ2n) is 7.13. The highest BCUT2D eigenvalue weighted by Gasteiger charge is 2.09. The molecule has 30 heavy (non-hydrogen) atoms. The minimum Gasteiger partial charge on any atom is -0.207 e. The number of rotatable bonds is 0. The number of aryl methyl sites for hydroxylation is 3. The van der Waals surface area contributed by atoms with Gasteiger partial charge in [0.25, 0.3) is 0 Å². The SMILES string of the molecule is Cc1cc(C)c(C#Cc2c(F)cc(C#Cc3cc(F)c(C)c(F)c3)cc2F)cc1C. The maximum atomic E-state index is 14.4. The molecule has 0 heterocycles. The molecule has 0 aliphatic carbocycles. The Morgan fingerprint density at radius 2 is 0.967 bits per heavy atom. The summed E-state index contributed by atoms with van der Waals surface area (Å²) in [6, 6.07) is 8.10. The smallest absolute Gasteiger partial charge is 0.143 e. The second-order valence-corrected chi connectivity index (χ2v) is 7.13. The van der Waals surface area contributed by atoms with Crippen LogP contribution in [0.1, 0.15) is 44.5 Å². The van der Waals surface area contributed by atoms with E-state index in [9.17, 15) is 17.6 Å². The maximum absolute atomic E-state index is 14.4.